The highest BCUT2D eigenvalue weighted by molar-refractivity contribution is 6.36. The Morgan fingerprint density at radius 3 is 2.16 bits per heavy atom. The molecule has 0 bridgehead atoms. The van der Waals surface area contributed by atoms with E-state index in [1.165, 1.54) is 6.21 Å². The Labute approximate surface area is 153 Å². The third-order valence-corrected chi connectivity index (χ3v) is 4.07. The third kappa shape index (κ3) is 5.49. The van der Waals surface area contributed by atoms with Crippen molar-refractivity contribution in [3.05, 3.63) is 28.8 Å². The van der Waals surface area contributed by atoms with E-state index in [0.717, 1.165) is 0 Å². The zero-order chi connectivity index (χ0) is 19.1. The normalized spacial score (nSPS) is 11.6. The van der Waals surface area contributed by atoms with Crippen LogP contribution in [0.15, 0.2) is 23.2 Å². The first kappa shape index (κ1) is 21.0. The van der Waals surface area contributed by atoms with Crippen LogP contribution in [0.5, 0.6) is 0 Å². The summed E-state index contributed by atoms with van der Waals surface area (Å²) in [6.07, 6.45) is 1.34. The highest BCUT2D eigenvalue weighted by Crippen LogP contribution is 2.28. The van der Waals surface area contributed by atoms with Crippen LogP contribution < -0.4 is 5.32 Å². The van der Waals surface area contributed by atoms with Gasteiger partial charge >= 0.3 is 0 Å². The van der Waals surface area contributed by atoms with Crippen molar-refractivity contribution in [2.75, 3.05) is 6.54 Å². The molecule has 25 heavy (non-hydrogen) atoms. The fraction of sp³-hybridized carbons (Fsp3) is 0.474. The van der Waals surface area contributed by atoms with Gasteiger partial charge in [0.1, 0.15) is 5.92 Å². The number of Topliss-reactive ketones (excluding diaryl/α,β-unsaturated/α-hetero) is 2. The van der Waals surface area contributed by atoms with E-state index in [4.69, 9.17) is 11.6 Å². The fourth-order valence-electron chi connectivity index (χ4n) is 2.21. The zero-order valence-electron chi connectivity index (χ0n) is 15.3. The Morgan fingerprint density at radius 1 is 1.12 bits per heavy atom. The van der Waals surface area contributed by atoms with E-state index < -0.39 is 5.92 Å². The second-order valence-electron chi connectivity index (χ2n) is 6.37. The first-order chi connectivity index (χ1) is 11.7. The minimum atomic E-state index is -0.913. The summed E-state index contributed by atoms with van der Waals surface area (Å²) < 4.78 is 0. The van der Waals surface area contributed by atoms with Crippen molar-refractivity contribution in [3.63, 3.8) is 0 Å². The van der Waals surface area contributed by atoms with E-state index in [2.05, 4.69) is 10.3 Å². The topological polar surface area (TPSA) is 75.6 Å². The van der Waals surface area contributed by atoms with Crippen LogP contribution in [0, 0.1) is 17.8 Å². The van der Waals surface area contributed by atoms with Gasteiger partial charge in [-0.25, -0.2) is 0 Å². The van der Waals surface area contributed by atoms with Crippen LogP contribution in [0.3, 0.4) is 0 Å². The Morgan fingerprint density at radius 2 is 1.68 bits per heavy atom. The first-order valence-electron chi connectivity index (χ1n) is 8.39. The van der Waals surface area contributed by atoms with E-state index in [0.29, 0.717) is 17.8 Å². The molecule has 0 saturated heterocycles. The van der Waals surface area contributed by atoms with Gasteiger partial charge in [-0.1, -0.05) is 45.4 Å². The van der Waals surface area contributed by atoms with E-state index in [1.54, 1.807) is 45.9 Å². The molecule has 0 aliphatic heterocycles. The van der Waals surface area contributed by atoms with Crippen LogP contribution >= 0.6 is 11.6 Å². The molecule has 1 aromatic carbocycles. The monoisotopic (exact) mass is 364 g/mol. The van der Waals surface area contributed by atoms with Crippen molar-refractivity contribution in [1.29, 1.82) is 0 Å². The summed E-state index contributed by atoms with van der Waals surface area (Å²) in [5.74, 6) is -2.13. The van der Waals surface area contributed by atoms with E-state index in [-0.39, 0.29) is 34.3 Å². The van der Waals surface area contributed by atoms with Crippen LogP contribution in [-0.4, -0.2) is 30.2 Å². The average Bonchev–Trinajstić information content (AvgIpc) is 2.55. The van der Waals surface area contributed by atoms with E-state index in [1.807, 2.05) is 6.92 Å². The van der Waals surface area contributed by atoms with E-state index >= 15 is 0 Å². The van der Waals surface area contributed by atoms with Crippen LogP contribution in [0.25, 0.3) is 0 Å². The summed E-state index contributed by atoms with van der Waals surface area (Å²) >= 11 is 6.26. The molecule has 1 rings (SSSR count). The summed E-state index contributed by atoms with van der Waals surface area (Å²) in [6.45, 7) is 9.29. The highest BCUT2D eigenvalue weighted by Gasteiger charge is 2.28. The van der Waals surface area contributed by atoms with Gasteiger partial charge in [-0.05, 0) is 19.1 Å². The van der Waals surface area contributed by atoms with Gasteiger partial charge in [0.25, 0.3) is 5.91 Å². The lowest BCUT2D eigenvalue weighted by molar-refractivity contribution is -0.133. The van der Waals surface area contributed by atoms with Crippen LogP contribution in [0.4, 0.5) is 5.69 Å². The third-order valence-electron chi connectivity index (χ3n) is 3.67. The molecule has 0 spiro atoms. The number of aliphatic imine (C=N–C) groups is 1. The van der Waals surface area contributed by atoms with Gasteiger partial charge in [0.2, 0.25) is 0 Å². The lowest BCUT2D eigenvalue weighted by Crippen LogP contribution is -2.31. The number of hydrogen-bond donors (Lipinski definition) is 1. The molecule has 0 aliphatic carbocycles. The smallest absolute Gasteiger partial charge is 0.252 e. The summed E-state index contributed by atoms with van der Waals surface area (Å²) in [5, 5.41) is 2.87. The molecular weight excluding hydrogens is 340 g/mol. The Bertz CT molecular complexity index is 661. The highest BCUT2D eigenvalue weighted by atomic mass is 35.5. The minimum absolute atomic E-state index is 0.182. The van der Waals surface area contributed by atoms with Gasteiger partial charge in [-0.2, -0.15) is 0 Å². The number of carbonyl (C=O) groups excluding carboxylic acids is 3. The number of nitrogens with zero attached hydrogens (tertiary/aromatic N) is 1. The molecular formula is C19H25ClN2O3. The molecule has 136 valence electrons. The second kappa shape index (κ2) is 9.47. The first-order valence-corrected chi connectivity index (χ1v) is 8.76. The van der Waals surface area contributed by atoms with Crippen LogP contribution in [0.2, 0.25) is 5.02 Å². The molecule has 1 N–H and O–H groups in total. The van der Waals surface area contributed by atoms with Crippen molar-refractivity contribution in [3.8, 4) is 0 Å². The van der Waals surface area contributed by atoms with Gasteiger partial charge in [0.15, 0.2) is 11.6 Å². The average molecular weight is 365 g/mol. The molecule has 1 aromatic rings. The Balaban J connectivity index is 3.20. The molecule has 1 amide bonds. The molecule has 6 heteroatoms. The molecule has 0 heterocycles. The quantitative estimate of drug-likeness (QED) is 0.562. The summed E-state index contributed by atoms with van der Waals surface area (Å²) in [5.41, 5.74) is 0.656. The molecule has 0 unspecified atom stereocenters. The Hall–Kier alpha value is -2.01. The zero-order valence-corrected chi connectivity index (χ0v) is 16.1. The maximum Gasteiger partial charge on any atom is 0.252 e. The van der Waals surface area contributed by atoms with Crippen molar-refractivity contribution in [2.45, 2.75) is 34.6 Å². The summed E-state index contributed by atoms with van der Waals surface area (Å²) in [7, 11) is 0. The molecule has 0 atom stereocenters. The molecule has 5 nitrogen and oxygen atoms in total. The number of ketones is 2. The standard InChI is InChI=1S/C19H25ClN2O3/c1-6-21-19(25)13-8-7-9-15(16(13)20)22-10-14(17(23)11(2)3)18(24)12(4)5/h7-12,14H,6H2,1-5H3,(H,21,25). The molecule has 0 aromatic heterocycles. The lowest BCUT2D eigenvalue weighted by atomic mass is 9.87. The van der Waals surface area contributed by atoms with Gasteiger partial charge in [0, 0.05) is 24.6 Å². The molecule has 0 fully saturated rings. The number of halogens is 1. The fourth-order valence-corrected chi connectivity index (χ4v) is 2.47. The largest absolute Gasteiger partial charge is 0.352 e. The second-order valence-corrected chi connectivity index (χ2v) is 6.75. The SMILES string of the molecule is CCNC(=O)c1cccc(N=CC(C(=O)C(C)C)C(=O)C(C)C)c1Cl. The van der Waals surface area contributed by atoms with Gasteiger partial charge in [-0.3, -0.25) is 19.4 Å². The van der Waals surface area contributed by atoms with Crippen LogP contribution in [0.1, 0.15) is 45.0 Å². The number of amides is 1. The maximum atomic E-state index is 12.3. The minimum Gasteiger partial charge on any atom is -0.352 e. The maximum absolute atomic E-state index is 12.3. The molecule has 0 aliphatic rings. The summed E-state index contributed by atoms with van der Waals surface area (Å²) in [4.78, 5) is 40.9. The number of rotatable bonds is 8. The van der Waals surface area contributed by atoms with Crippen molar-refractivity contribution in [1.82, 2.24) is 5.32 Å². The van der Waals surface area contributed by atoms with Crippen molar-refractivity contribution >= 4 is 41.0 Å². The lowest BCUT2D eigenvalue weighted by Gasteiger charge is -2.15. The van der Waals surface area contributed by atoms with E-state index in [9.17, 15) is 14.4 Å². The molecule has 0 saturated carbocycles. The number of benzene rings is 1. The van der Waals surface area contributed by atoms with Gasteiger partial charge in [0.05, 0.1) is 16.3 Å². The van der Waals surface area contributed by atoms with Gasteiger partial charge in [-0.15, -0.1) is 0 Å². The number of carbonyl (C=O) groups is 3. The van der Waals surface area contributed by atoms with Crippen molar-refractivity contribution in [2.24, 2.45) is 22.7 Å². The van der Waals surface area contributed by atoms with Crippen molar-refractivity contribution < 1.29 is 14.4 Å². The molecule has 0 radical (unpaired) electrons. The number of nitrogens with one attached hydrogen (secondary N) is 1. The Kier molecular flexibility index (Phi) is 7.97. The van der Waals surface area contributed by atoms with Crippen LogP contribution in [-0.2, 0) is 9.59 Å². The predicted molar refractivity (Wildman–Crippen MR) is 101 cm³/mol. The summed E-state index contributed by atoms with van der Waals surface area (Å²) in [6, 6.07) is 4.90. The number of hydrogen-bond acceptors (Lipinski definition) is 4. The predicted octanol–water partition coefficient (Wildman–Crippen LogP) is 3.86. The van der Waals surface area contributed by atoms with Gasteiger partial charge < -0.3 is 5.32 Å².